The van der Waals surface area contributed by atoms with E-state index in [0.717, 1.165) is 13.8 Å². The normalized spacial score (nSPS) is 11.6. The molecular weight excluding hydrogens is 475 g/mol. The van der Waals surface area contributed by atoms with Crippen LogP contribution in [0.5, 0.6) is 0 Å². The Kier molecular flexibility index (Phi) is 6.22. The molecule has 0 radical (unpaired) electrons. The second-order valence-corrected chi connectivity index (χ2v) is 7.75. The van der Waals surface area contributed by atoms with Gasteiger partial charge in [0.25, 0.3) is 5.91 Å². The molecule has 7 heteroatoms. The first kappa shape index (κ1) is 19.5. The van der Waals surface area contributed by atoms with Gasteiger partial charge in [0.1, 0.15) is 0 Å². The molecule has 0 saturated heterocycles. The summed E-state index contributed by atoms with van der Waals surface area (Å²) in [6.07, 6.45) is 1.75. The third-order valence-electron chi connectivity index (χ3n) is 3.81. The highest BCUT2D eigenvalue weighted by molar-refractivity contribution is 14.1. The molecule has 0 spiro atoms. The fraction of sp³-hybridized carbons (Fsp3) is 0.150. The van der Waals surface area contributed by atoms with Crippen molar-refractivity contribution in [1.82, 2.24) is 4.57 Å². The largest absolute Gasteiger partial charge is 0.462 e. The summed E-state index contributed by atoms with van der Waals surface area (Å²) in [5, 5.41) is 0. The number of ether oxygens (including phenoxy) is 1. The lowest BCUT2D eigenvalue weighted by molar-refractivity contribution is 0.0526. The van der Waals surface area contributed by atoms with E-state index in [1.807, 2.05) is 28.8 Å². The van der Waals surface area contributed by atoms with E-state index in [9.17, 15) is 9.59 Å². The molecule has 0 aliphatic rings. The number of allylic oxidation sites excluding steroid dienone is 1. The minimum Gasteiger partial charge on any atom is -0.462 e. The van der Waals surface area contributed by atoms with Crippen LogP contribution in [0.15, 0.2) is 60.1 Å². The van der Waals surface area contributed by atoms with E-state index in [2.05, 4.69) is 34.2 Å². The van der Waals surface area contributed by atoms with Gasteiger partial charge in [-0.2, -0.15) is 4.99 Å². The van der Waals surface area contributed by atoms with Crippen molar-refractivity contribution in [2.24, 2.45) is 4.99 Å². The lowest BCUT2D eigenvalue weighted by Gasteiger charge is -2.03. The van der Waals surface area contributed by atoms with Gasteiger partial charge in [0, 0.05) is 10.1 Å². The zero-order valence-electron chi connectivity index (χ0n) is 14.6. The minimum absolute atomic E-state index is 0.296. The van der Waals surface area contributed by atoms with Crippen molar-refractivity contribution in [3.05, 3.63) is 74.6 Å². The van der Waals surface area contributed by atoms with Gasteiger partial charge in [-0.1, -0.05) is 29.5 Å². The maximum absolute atomic E-state index is 12.7. The predicted octanol–water partition coefficient (Wildman–Crippen LogP) is 4.41. The molecule has 1 heterocycles. The van der Waals surface area contributed by atoms with Gasteiger partial charge >= 0.3 is 5.97 Å². The predicted molar refractivity (Wildman–Crippen MR) is 115 cm³/mol. The van der Waals surface area contributed by atoms with E-state index >= 15 is 0 Å². The zero-order valence-corrected chi connectivity index (χ0v) is 17.6. The third-order valence-corrected chi connectivity index (χ3v) is 5.79. The topological polar surface area (TPSA) is 60.7 Å². The molecule has 0 saturated carbocycles. The van der Waals surface area contributed by atoms with Crippen molar-refractivity contribution in [1.29, 1.82) is 0 Å². The quantitative estimate of drug-likeness (QED) is 0.301. The molecule has 3 rings (SSSR count). The highest BCUT2D eigenvalue weighted by atomic mass is 127. The molecule has 1 aromatic heterocycles. The van der Waals surface area contributed by atoms with Crippen molar-refractivity contribution >= 4 is 56.0 Å². The van der Waals surface area contributed by atoms with Crippen LogP contribution in [0, 0.1) is 3.57 Å². The van der Waals surface area contributed by atoms with Gasteiger partial charge in [0.15, 0.2) is 4.80 Å². The van der Waals surface area contributed by atoms with Crippen LogP contribution in [0.25, 0.3) is 10.2 Å². The molecule has 0 N–H and O–H groups in total. The summed E-state index contributed by atoms with van der Waals surface area (Å²) in [6.45, 7) is 6.39. The Morgan fingerprint density at radius 2 is 2.07 bits per heavy atom. The molecule has 1 amide bonds. The number of amides is 1. The Hall–Kier alpha value is -2.26. The van der Waals surface area contributed by atoms with E-state index in [-0.39, 0.29) is 11.9 Å². The second kappa shape index (κ2) is 8.62. The summed E-state index contributed by atoms with van der Waals surface area (Å²) < 4.78 is 8.68. The van der Waals surface area contributed by atoms with Crippen molar-refractivity contribution < 1.29 is 14.3 Å². The summed E-state index contributed by atoms with van der Waals surface area (Å²) in [4.78, 5) is 29.5. The number of rotatable bonds is 5. The first-order valence-electron chi connectivity index (χ1n) is 8.30. The molecule has 0 fully saturated rings. The van der Waals surface area contributed by atoms with E-state index in [4.69, 9.17) is 4.74 Å². The average Bonchev–Trinajstić information content (AvgIpc) is 2.99. The summed E-state index contributed by atoms with van der Waals surface area (Å²) in [5.74, 6) is -0.661. The number of esters is 1. The summed E-state index contributed by atoms with van der Waals surface area (Å²) in [6, 6.07) is 12.7. The van der Waals surface area contributed by atoms with Crippen LogP contribution < -0.4 is 4.80 Å². The van der Waals surface area contributed by atoms with E-state index in [1.54, 1.807) is 31.2 Å². The molecule has 0 unspecified atom stereocenters. The van der Waals surface area contributed by atoms with Crippen molar-refractivity contribution in [3.63, 3.8) is 0 Å². The van der Waals surface area contributed by atoms with Gasteiger partial charge in [0.2, 0.25) is 0 Å². The molecular formula is C20H17IN2O3S. The van der Waals surface area contributed by atoms with Crippen LogP contribution >= 0.6 is 33.9 Å². The lowest BCUT2D eigenvalue weighted by atomic mass is 10.2. The summed E-state index contributed by atoms with van der Waals surface area (Å²) in [7, 11) is 0. The Balaban J connectivity index is 2.12. The van der Waals surface area contributed by atoms with Crippen LogP contribution in [0.1, 0.15) is 27.6 Å². The number of thiazole rings is 1. The summed E-state index contributed by atoms with van der Waals surface area (Å²) >= 11 is 3.49. The van der Waals surface area contributed by atoms with E-state index < -0.39 is 0 Å². The van der Waals surface area contributed by atoms with Crippen LogP contribution in [0.3, 0.4) is 0 Å². The van der Waals surface area contributed by atoms with Gasteiger partial charge in [-0.3, -0.25) is 4.79 Å². The van der Waals surface area contributed by atoms with Crippen molar-refractivity contribution in [3.8, 4) is 0 Å². The molecule has 0 bridgehead atoms. The summed E-state index contributed by atoms with van der Waals surface area (Å²) in [5.41, 5.74) is 1.93. The van der Waals surface area contributed by atoms with Crippen LogP contribution in [0.4, 0.5) is 0 Å². The second-order valence-electron chi connectivity index (χ2n) is 5.58. The van der Waals surface area contributed by atoms with Gasteiger partial charge in [-0.05, 0) is 59.8 Å². The number of carbonyl (C=O) groups excluding carboxylic acids is 2. The molecule has 0 aliphatic carbocycles. The van der Waals surface area contributed by atoms with Gasteiger partial charge in [0.05, 0.1) is 28.0 Å². The third kappa shape index (κ3) is 4.19. The fourth-order valence-electron chi connectivity index (χ4n) is 2.59. The van der Waals surface area contributed by atoms with Crippen molar-refractivity contribution in [2.45, 2.75) is 13.5 Å². The Labute approximate surface area is 174 Å². The van der Waals surface area contributed by atoms with Crippen LogP contribution in [0.2, 0.25) is 0 Å². The smallest absolute Gasteiger partial charge is 0.338 e. The molecule has 2 aromatic carbocycles. The number of aromatic nitrogens is 1. The number of benzene rings is 2. The standard InChI is InChI=1S/C20H17IN2O3S/c1-3-11-23-16-10-9-13(19(25)26-4-2)12-17(16)27-20(23)22-18(24)14-7-5-6-8-15(14)21/h3,5-10,12H,1,4,11H2,2H3. The van der Waals surface area contributed by atoms with Crippen LogP contribution in [-0.4, -0.2) is 23.1 Å². The number of hydrogen-bond donors (Lipinski definition) is 0. The number of hydrogen-bond acceptors (Lipinski definition) is 4. The Bertz CT molecular complexity index is 1100. The van der Waals surface area contributed by atoms with Gasteiger partial charge in [-0.25, -0.2) is 4.79 Å². The lowest BCUT2D eigenvalue weighted by Crippen LogP contribution is -2.16. The number of nitrogens with zero attached hydrogens (tertiary/aromatic N) is 2. The average molecular weight is 492 g/mol. The monoisotopic (exact) mass is 492 g/mol. The van der Waals surface area contributed by atoms with Crippen LogP contribution in [-0.2, 0) is 11.3 Å². The maximum atomic E-state index is 12.7. The maximum Gasteiger partial charge on any atom is 0.338 e. The number of fused-ring (bicyclic) bond motifs is 1. The Morgan fingerprint density at radius 1 is 1.30 bits per heavy atom. The highest BCUT2D eigenvalue weighted by Crippen LogP contribution is 2.20. The van der Waals surface area contributed by atoms with Gasteiger partial charge < -0.3 is 9.30 Å². The minimum atomic E-state index is -0.364. The Morgan fingerprint density at radius 3 is 2.78 bits per heavy atom. The first-order chi connectivity index (χ1) is 13.0. The van der Waals surface area contributed by atoms with E-state index in [1.165, 1.54) is 11.3 Å². The molecule has 138 valence electrons. The van der Waals surface area contributed by atoms with Gasteiger partial charge in [-0.15, -0.1) is 6.58 Å². The first-order valence-corrected chi connectivity index (χ1v) is 10.2. The van der Waals surface area contributed by atoms with E-state index in [0.29, 0.717) is 29.1 Å². The SMILES string of the molecule is C=CCn1c(=NC(=O)c2ccccc2I)sc2cc(C(=O)OCC)ccc21. The molecule has 0 aliphatic heterocycles. The fourth-order valence-corrected chi connectivity index (χ4v) is 4.28. The van der Waals surface area contributed by atoms with Crippen molar-refractivity contribution in [2.75, 3.05) is 6.61 Å². The molecule has 3 aromatic rings. The number of carbonyl (C=O) groups is 2. The highest BCUT2D eigenvalue weighted by Gasteiger charge is 2.13. The number of halogens is 1. The zero-order chi connectivity index (χ0) is 19.4. The molecule has 27 heavy (non-hydrogen) atoms. The molecule has 0 atom stereocenters. The molecule has 5 nitrogen and oxygen atoms in total.